The number of rotatable bonds is 7. The molecule has 1 N–H and O–H groups in total. The van der Waals surface area contributed by atoms with E-state index in [4.69, 9.17) is 9.84 Å². The summed E-state index contributed by atoms with van der Waals surface area (Å²) in [6.07, 6.45) is 2.05. The van der Waals surface area contributed by atoms with Gasteiger partial charge in [0, 0.05) is 19.5 Å². The van der Waals surface area contributed by atoms with Crippen molar-refractivity contribution in [1.29, 1.82) is 0 Å². The molecule has 0 amide bonds. The van der Waals surface area contributed by atoms with Gasteiger partial charge in [0.2, 0.25) is 0 Å². The third kappa shape index (κ3) is 8.27. The Kier molecular flexibility index (Phi) is 9.52. The third-order valence-corrected chi connectivity index (χ3v) is 2.16. The summed E-state index contributed by atoms with van der Waals surface area (Å²) in [6.45, 7) is 1.16. The minimum absolute atomic E-state index is 0.324. The standard InChI is InChI=1S/C7H16O2S/c1-9-5-7-10-6-3-2-4-8/h8H,2-7H2,1H3. The monoisotopic (exact) mass is 164 g/mol. The molecule has 0 aliphatic heterocycles. The summed E-state index contributed by atoms with van der Waals surface area (Å²) in [5.74, 6) is 2.21. The van der Waals surface area contributed by atoms with Crippen LogP contribution in [-0.2, 0) is 4.74 Å². The Balaban J connectivity index is 2.65. The van der Waals surface area contributed by atoms with Gasteiger partial charge >= 0.3 is 0 Å². The number of hydrogen-bond acceptors (Lipinski definition) is 3. The summed E-state index contributed by atoms with van der Waals surface area (Å²) in [5, 5.41) is 8.44. The summed E-state index contributed by atoms with van der Waals surface area (Å²) in [6, 6.07) is 0. The molecule has 0 spiro atoms. The van der Waals surface area contributed by atoms with Crippen LogP contribution in [0.5, 0.6) is 0 Å². The molecule has 0 heterocycles. The van der Waals surface area contributed by atoms with Gasteiger partial charge in [0.15, 0.2) is 0 Å². The Morgan fingerprint density at radius 3 is 2.70 bits per heavy atom. The first kappa shape index (κ1) is 10.3. The van der Waals surface area contributed by atoms with Crippen LogP contribution in [0.25, 0.3) is 0 Å². The minimum Gasteiger partial charge on any atom is -0.396 e. The Morgan fingerprint density at radius 1 is 1.30 bits per heavy atom. The van der Waals surface area contributed by atoms with E-state index in [-0.39, 0.29) is 0 Å². The molecule has 0 unspecified atom stereocenters. The zero-order valence-corrected chi connectivity index (χ0v) is 7.32. The molecule has 10 heavy (non-hydrogen) atoms. The highest BCUT2D eigenvalue weighted by molar-refractivity contribution is 7.99. The van der Waals surface area contributed by atoms with Crippen molar-refractivity contribution in [2.75, 3.05) is 31.8 Å². The number of hydrogen-bond donors (Lipinski definition) is 1. The van der Waals surface area contributed by atoms with E-state index in [1.165, 1.54) is 0 Å². The molecule has 0 rings (SSSR count). The number of aliphatic hydroxyl groups is 1. The molecule has 0 saturated heterocycles. The van der Waals surface area contributed by atoms with Gasteiger partial charge in [0.05, 0.1) is 6.61 Å². The maximum Gasteiger partial charge on any atom is 0.0552 e. The first-order valence-corrected chi connectivity index (χ1v) is 4.75. The quantitative estimate of drug-likeness (QED) is 0.572. The minimum atomic E-state index is 0.324. The van der Waals surface area contributed by atoms with Crippen molar-refractivity contribution >= 4 is 11.8 Å². The average Bonchev–Trinajstić information content (AvgIpc) is 1.97. The van der Waals surface area contributed by atoms with E-state index >= 15 is 0 Å². The second kappa shape index (κ2) is 9.27. The summed E-state index contributed by atoms with van der Waals surface area (Å²) < 4.78 is 4.88. The highest BCUT2D eigenvalue weighted by Crippen LogP contribution is 2.03. The van der Waals surface area contributed by atoms with Gasteiger partial charge in [-0.25, -0.2) is 0 Å². The predicted molar refractivity (Wildman–Crippen MR) is 45.5 cm³/mol. The average molecular weight is 164 g/mol. The molecule has 0 aromatic rings. The zero-order chi connectivity index (χ0) is 7.66. The molecule has 0 aliphatic rings. The van der Waals surface area contributed by atoms with E-state index in [0.717, 1.165) is 31.0 Å². The second-order valence-corrected chi connectivity index (χ2v) is 3.26. The molecule has 0 radical (unpaired) electrons. The lowest BCUT2D eigenvalue weighted by atomic mass is 10.4. The van der Waals surface area contributed by atoms with Gasteiger partial charge in [-0.05, 0) is 18.6 Å². The highest BCUT2D eigenvalue weighted by Gasteiger charge is 1.88. The van der Waals surface area contributed by atoms with Crippen LogP contribution in [-0.4, -0.2) is 36.9 Å². The molecule has 0 saturated carbocycles. The lowest BCUT2D eigenvalue weighted by molar-refractivity contribution is 0.218. The van der Waals surface area contributed by atoms with Crippen molar-refractivity contribution in [1.82, 2.24) is 0 Å². The molecule has 62 valence electrons. The number of methoxy groups -OCH3 is 1. The topological polar surface area (TPSA) is 29.5 Å². The number of unbranched alkanes of at least 4 members (excludes halogenated alkanes) is 1. The van der Waals surface area contributed by atoms with Crippen molar-refractivity contribution in [3.05, 3.63) is 0 Å². The van der Waals surface area contributed by atoms with Gasteiger partial charge in [-0.1, -0.05) is 0 Å². The van der Waals surface area contributed by atoms with E-state index in [1.54, 1.807) is 7.11 Å². The van der Waals surface area contributed by atoms with E-state index < -0.39 is 0 Å². The van der Waals surface area contributed by atoms with Gasteiger partial charge < -0.3 is 9.84 Å². The SMILES string of the molecule is COCCSCCCCO. The first-order valence-electron chi connectivity index (χ1n) is 3.59. The Labute approximate surface area is 67.0 Å². The zero-order valence-electron chi connectivity index (χ0n) is 6.51. The summed E-state index contributed by atoms with van der Waals surface area (Å²) in [5.41, 5.74) is 0. The summed E-state index contributed by atoms with van der Waals surface area (Å²) in [4.78, 5) is 0. The molecular weight excluding hydrogens is 148 g/mol. The molecule has 2 nitrogen and oxygen atoms in total. The van der Waals surface area contributed by atoms with Crippen LogP contribution in [0.4, 0.5) is 0 Å². The van der Waals surface area contributed by atoms with Crippen molar-refractivity contribution in [2.45, 2.75) is 12.8 Å². The van der Waals surface area contributed by atoms with E-state index in [0.29, 0.717) is 6.61 Å². The van der Waals surface area contributed by atoms with Crippen LogP contribution < -0.4 is 0 Å². The van der Waals surface area contributed by atoms with Gasteiger partial charge in [-0.2, -0.15) is 11.8 Å². The molecule has 0 aromatic heterocycles. The maximum atomic E-state index is 8.44. The van der Waals surface area contributed by atoms with Gasteiger partial charge in [0.25, 0.3) is 0 Å². The summed E-state index contributed by atoms with van der Waals surface area (Å²) >= 11 is 1.88. The lowest BCUT2D eigenvalue weighted by Gasteiger charge is -1.98. The Bertz CT molecular complexity index is 51.6. The number of ether oxygens (including phenoxy) is 1. The molecule has 0 fully saturated rings. The normalized spacial score (nSPS) is 10.2. The number of thioether (sulfide) groups is 1. The van der Waals surface area contributed by atoms with Crippen LogP contribution in [0.2, 0.25) is 0 Å². The fourth-order valence-corrected chi connectivity index (χ4v) is 1.46. The van der Waals surface area contributed by atoms with Crippen LogP contribution in [0.1, 0.15) is 12.8 Å². The molecule has 0 atom stereocenters. The molecule has 3 heteroatoms. The second-order valence-electron chi connectivity index (χ2n) is 2.04. The van der Waals surface area contributed by atoms with E-state index in [1.807, 2.05) is 11.8 Å². The molecule has 0 aliphatic carbocycles. The molecular formula is C7H16O2S. The van der Waals surface area contributed by atoms with Crippen LogP contribution in [0.15, 0.2) is 0 Å². The smallest absolute Gasteiger partial charge is 0.0552 e. The van der Waals surface area contributed by atoms with Crippen molar-refractivity contribution in [2.24, 2.45) is 0 Å². The number of aliphatic hydroxyl groups excluding tert-OH is 1. The largest absolute Gasteiger partial charge is 0.396 e. The fraction of sp³-hybridized carbons (Fsp3) is 1.00. The Morgan fingerprint density at radius 2 is 2.10 bits per heavy atom. The van der Waals surface area contributed by atoms with E-state index in [9.17, 15) is 0 Å². The van der Waals surface area contributed by atoms with Crippen LogP contribution in [0.3, 0.4) is 0 Å². The molecule has 0 bridgehead atoms. The maximum absolute atomic E-state index is 8.44. The van der Waals surface area contributed by atoms with Gasteiger partial charge in [0.1, 0.15) is 0 Å². The highest BCUT2D eigenvalue weighted by atomic mass is 32.2. The third-order valence-electron chi connectivity index (χ3n) is 1.13. The van der Waals surface area contributed by atoms with E-state index in [2.05, 4.69) is 0 Å². The summed E-state index contributed by atoms with van der Waals surface area (Å²) in [7, 11) is 1.72. The fourth-order valence-electron chi connectivity index (χ4n) is 0.560. The van der Waals surface area contributed by atoms with Crippen LogP contribution in [0, 0.1) is 0 Å². The lowest BCUT2D eigenvalue weighted by Crippen LogP contribution is -1.93. The molecule has 0 aromatic carbocycles. The van der Waals surface area contributed by atoms with Gasteiger partial charge in [-0.15, -0.1) is 0 Å². The Hall–Kier alpha value is 0.270. The van der Waals surface area contributed by atoms with Crippen molar-refractivity contribution in [3.8, 4) is 0 Å². The first-order chi connectivity index (χ1) is 4.91. The van der Waals surface area contributed by atoms with Crippen molar-refractivity contribution in [3.63, 3.8) is 0 Å². The van der Waals surface area contributed by atoms with Gasteiger partial charge in [-0.3, -0.25) is 0 Å². The van der Waals surface area contributed by atoms with Crippen LogP contribution >= 0.6 is 11.8 Å². The van der Waals surface area contributed by atoms with Crippen molar-refractivity contribution < 1.29 is 9.84 Å². The predicted octanol–water partition coefficient (Wildman–Crippen LogP) is 1.14.